The van der Waals surface area contributed by atoms with E-state index in [-0.39, 0.29) is 0 Å². The van der Waals surface area contributed by atoms with E-state index in [1.54, 1.807) is 0 Å². The van der Waals surface area contributed by atoms with E-state index in [4.69, 9.17) is 28.0 Å². The average molecular weight is 490 g/mol. The van der Waals surface area contributed by atoms with Crippen molar-refractivity contribution in [2.45, 2.75) is 0 Å². The van der Waals surface area contributed by atoms with E-state index in [0.717, 1.165) is 22.6 Å². The highest BCUT2D eigenvalue weighted by atomic mass is 32.0. The molecule has 0 N–H and O–H groups in total. The molecule has 0 aromatic heterocycles. The van der Waals surface area contributed by atoms with Crippen LogP contribution in [0.3, 0.4) is 0 Å². The zero-order chi connectivity index (χ0) is 21.3. The van der Waals surface area contributed by atoms with Gasteiger partial charge in [-0.1, -0.05) is 54.3 Å². The van der Waals surface area contributed by atoms with Crippen molar-refractivity contribution < 1.29 is 28.0 Å². The van der Waals surface area contributed by atoms with Crippen LogP contribution in [0.4, 0.5) is 0 Å². The van der Waals surface area contributed by atoms with Gasteiger partial charge in [0.1, 0.15) is 24.7 Å². The predicted molar refractivity (Wildman–Crippen MR) is 132 cm³/mol. The van der Waals surface area contributed by atoms with E-state index >= 15 is 0 Å². The number of hydrogen-bond donors (Lipinski definition) is 0. The lowest BCUT2D eigenvalue weighted by Gasteiger charge is -2.15. The largest absolute Gasteiger partial charge is 0.491 e. The molecule has 0 fully saturated rings. The van der Waals surface area contributed by atoms with Crippen LogP contribution in [0.15, 0.2) is 48.5 Å². The molecule has 0 aliphatic rings. The lowest BCUT2D eigenvalue weighted by Crippen LogP contribution is -2.10. The van der Waals surface area contributed by atoms with Crippen molar-refractivity contribution in [1.82, 2.24) is 0 Å². The van der Waals surface area contributed by atoms with Crippen LogP contribution < -0.4 is 9.47 Å². The summed E-state index contributed by atoms with van der Waals surface area (Å²) in [5.41, 5.74) is 1.97. The van der Waals surface area contributed by atoms with Crippen LogP contribution in [-0.4, -0.2) is 52.9 Å². The average Bonchev–Trinajstić information content (AvgIpc) is 2.78. The summed E-state index contributed by atoms with van der Waals surface area (Å²) in [4.78, 5) is 0. The second kappa shape index (κ2) is 17.2. The summed E-state index contributed by atoms with van der Waals surface area (Å²) in [7, 11) is 5.91. The molecule has 0 heterocycles. The molecule has 0 saturated carbocycles. The van der Waals surface area contributed by atoms with E-state index in [1.807, 2.05) is 48.5 Å². The maximum absolute atomic E-state index is 5.97. The molecular formula is C20H30O6P4. The van der Waals surface area contributed by atoms with Gasteiger partial charge >= 0.3 is 0 Å². The SMILES string of the molecule is PPOCCOCCOc1ccccc1-c1ccccc1OCCOCCOPP. The van der Waals surface area contributed by atoms with Gasteiger partial charge in [-0.3, -0.25) is 0 Å². The number of benzene rings is 2. The molecule has 0 saturated heterocycles. The summed E-state index contributed by atoms with van der Waals surface area (Å²) in [6.07, 6.45) is 0. The Bertz CT molecular complexity index is 647. The van der Waals surface area contributed by atoms with Gasteiger partial charge in [-0.25, -0.2) is 0 Å². The van der Waals surface area contributed by atoms with Gasteiger partial charge < -0.3 is 28.0 Å². The molecule has 0 spiro atoms. The molecule has 0 amide bonds. The quantitative estimate of drug-likeness (QED) is 0.231. The van der Waals surface area contributed by atoms with Gasteiger partial charge in [0.05, 0.1) is 39.6 Å². The molecule has 0 bridgehead atoms. The number of hydrogen-bond acceptors (Lipinski definition) is 6. The van der Waals surface area contributed by atoms with Crippen molar-refractivity contribution in [3.63, 3.8) is 0 Å². The van der Waals surface area contributed by atoms with Crippen molar-refractivity contribution in [3.05, 3.63) is 48.5 Å². The van der Waals surface area contributed by atoms with E-state index < -0.39 is 0 Å². The summed E-state index contributed by atoms with van der Waals surface area (Å²) in [6, 6.07) is 15.9. The van der Waals surface area contributed by atoms with Gasteiger partial charge in [0, 0.05) is 28.1 Å². The molecule has 166 valence electrons. The Morgan fingerprint density at radius 1 is 0.533 bits per heavy atom. The van der Waals surface area contributed by atoms with Crippen LogP contribution in [0.5, 0.6) is 11.5 Å². The fourth-order valence-electron chi connectivity index (χ4n) is 2.57. The molecule has 6 nitrogen and oxygen atoms in total. The van der Waals surface area contributed by atoms with Crippen molar-refractivity contribution in [2.75, 3.05) is 52.9 Å². The minimum absolute atomic E-state index is 0.407. The van der Waals surface area contributed by atoms with Crippen LogP contribution >= 0.6 is 34.8 Å². The second-order valence-corrected chi connectivity index (χ2v) is 8.31. The molecule has 30 heavy (non-hydrogen) atoms. The Morgan fingerprint density at radius 2 is 0.933 bits per heavy atom. The Labute approximate surface area is 187 Å². The molecule has 0 aliphatic carbocycles. The van der Waals surface area contributed by atoms with E-state index in [9.17, 15) is 0 Å². The highest BCUT2D eigenvalue weighted by molar-refractivity contribution is 8.00. The van der Waals surface area contributed by atoms with Crippen molar-refractivity contribution in [3.8, 4) is 22.6 Å². The summed E-state index contributed by atoms with van der Waals surface area (Å²) >= 11 is 0. The summed E-state index contributed by atoms with van der Waals surface area (Å²) in [5, 5.41) is 0. The van der Waals surface area contributed by atoms with E-state index in [0.29, 0.717) is 69.8 Å². The normalized spacial score (nSPS) is 11.7. The first kappa shape index (κ1) is 25.9. The maximum atomic E-state index is 5.97. The Morgan fingerprint density at radius 3 is 1.37 bits per heavy atom. The van der Waals surface area contributed by atoms with Gasteiger partial charge in [0.25, 0.3) is 0 Å². The topological polar surface area (TPSA) is 55.4 Å². The molecule has 0 radical (unpaired) electrons. The minimum atomic E-state index is 0.407. The van der Waals surface area contributed by atoms with Crippen molar-refractivity contribution >= 4 is 34.8 Å². The van der Waals surface area contributed by atoms with Crippen molar-refractivity contribution in [1.29, 1.82) is 0 Å². The Kier molecular flexibility index (Phi) is 14.8. The molecular weight excluding hydrogens is 460 g/mol. The van der Waals surface area contributed by atoms with Gasteiger partial charge in [0.2, 0.25) is 0 Å². The van der Waals surface area contributed by atoms with E-state index in [1.165, 1.54) is 0 Å². The Balaban J connectivity index is 1.87. The lowest BCUT2D eigenvalue weighted by molar-refractivity contribution is 0.0803. The molecule has 2 aromatic rings. The first-order valence-electron chi connectivity index (χ1n) is 9.61. The van der Waals surface area contributed by atoms with Gasteiger partial charge in [0.15, 0.2) is 0 Å². The second-order valence-electron chi connectivity index (χ2n) is 5.85. The third-order valence-electron chi connectivity index (χ3n) is 3.86. The first-order valence-corrected chi connectivity index (χ1v) is 15.0. The maximum Gasteiger partial charge on any atom is 0.127 e. The lowest BCUT2D eigenvalue weighted by atomic mass is 10.0. The molecule has 2 rings (SSSR count). The van der Waals surface area contributed by atoms with Crippen LogP contribution in [0.25, 0.3) is 11.1 Å². The zero-order valence-electron chi connectivity index (χ0n) is 16.9. The molecule has 4 atom stereocenters. The highest BCUT2D eigenvalue weighted by Crippen LogP contribution is 2.36. The van der Waals surface area contributed by atoms with Crippen LogP contribution in [0.1, 0.15) is 0 Å². The fourth-order valence-corrected chi connectivity index (χ4v) is 3.68. The smallest absolute Gasteiger partial charge is 0.127 e. The third-order valence-corrected chi connectivity index (χ3v) is 5.60. The van der Waals surface area contributed by atoms with Crippen molar-refractivity contribution in [2.24, 2.45) is 0 Å². The van der Waals surface area contributed by atoms with Crippen LogP contribution in [0.2, 0.25) is 0 Å². The standard InChI is InChI=1S/C20H30O6P4/c27-29-25-15-11-21-9-13-23-19-7-3-1-5-17(19)18-6-2-4-8-20(18)24-14-10-22-12-16-26-30-28/h1-8,29-30H,9-16,27-28H2. The van der Waals surface area contributed by atoms with Gasteiger partial charge in [-0.15, -0.1) is 0 Å². The predicted octanol–water partition coefficient (Wildman–Crippen LogP) is 4.94. The van der Waals surface area contributed by atoms with Crippen LogP contribution in [-0.2, 0) is 18.5 Å². The monoisotopic (exact) mass is 490 g/mol. The van der Waals surface area contributed by atoms with E-state index in [2.05, 4.69) is 17.9 Å². The third kappa shape index (κ3) is 10.3. The molecule has 0 aliphatic heterocycles. The highest BCUT2D eigenvalue weighted by Gasteiger charge is 2.11. The summed E-state index contributed by atoms with van der Waals surface area (Å²) in [6.45, 7) is 4.27. The molecule has 4 unspecified atom stereocenters. The minimum Gasteiger partial charge on any atom is -0.491 e. The molecule has 2 aromatic carbocycles. The van der Waals surface area contributed by atoms with Crippen LogP contribution in [0, 0.1) is 0 Å². The Hall–Kier alpha value is -0.400. The molecule has 10 heteroatoms. The fraction of sp³-hybridized carbons (Fsp3) is 0.400. The summed E-state index contributed by atoms with van der Waals surface area (Å²) < 4.78 is 33.5. The number of rotatable bonds is 17. The summed E-state index contributed by atoms with van der Waals surface area (Å²) in [5.74, 6) is 1.60. The zero-order valence-corrected chi connectivity index (χ0v) is 21.2. The number of ether oxygens (including phenoxy) is 4. The first-order chi connectivity index (χ1) is 14.9. The number of para-hydroxylation sites is 2. The van der Waals surface area contributed by atoms with Gasteiger partial charge in [-0.2, -0.15) is 0 Å². The van der Waals surface area contributed by atoms with Gasteiger partial charge in [-0.05, 0) is 12.1 Å².